The van der Waals surface area contributed by atoms with Crippen LogP contribution >= 0.6 is 11.6 Å². The molecular formula is C20H25ClO. The molecule has 118 valence electrons. The van der Waals surface area contributed by atoms with Crippen LogP contribution in [0.15, 0.2) is 60.4 Å². The normalized spacial score (nSPS) is 18.4. The molecule has 0 saturated heterocycles. The van der Waals surface area contributed by atoms with Crippen molar-refractivity contribution in [3.8, 4) is 0 Å². The van der Waals surface area contributed by atoms with Crippen molar-refractivity contribution >= 4 is 11.6 Å². The number of hydrogen-bond donors (Lipinski definition) is 0. The van der Waals surface area contributed by atoms with Gasteiger partial charge in [-0.3, -0.25) is 0 Å². The summed E-state index contributed by atoms with van der Waals surface area (Å²) in [4.78, 5) is 0. The second kappa shape index (κ2) is 7.69. The fourth-order valence-electron chi connectivity index (χ4n) is 3.50. The number of hydrogen-bond acceptors (Lipinski definition) is 1. The molecule has 2 heteroatoms. The molecule has 1 aliphatic carbocycles. The van der Waals surface area contributed by atoms with Crippen LogP contribution in [0.3, 0.4) is 0 Å². The van der Waals surface area contributed by atoms with E-state index >= 15 is 0 Å². The minimum absolute atomic E-state index is 0.00979. The molecule has 1 saturated carbocycles. The zero-order valence-corrected chi connectivity index (χ0v) is 14.3. The summed E-state index contributed by atoms with van der Waals surface area (Å²) in [6.45, 7) is 5.97. The van der Waals surface area contributed by atoms with Crippen molar-refractivity contribution in [1.82, 2.24) is 0 Å². The van der Waals surface area contributed by atoms with Crippen molar-refractivity contribution in [3.63, 3.8) is 0 Å². The Labute approximate surface area is 139 Å². The lowest BCUT2D eigenvalue weighted by molar-refractivity contribution is 0.308. The number of ether oxygens (including phenoxy) is 1. The smallest absolute Gasteiger partial charge is 0.111 e. The van der Waals surface area contributed by atoms with Crippen LogP contribution < -0.4 is 0 Å². The molecule has 0 unspecified atom stereocenters. The third kappa shape index (κ3) is 3.47. The van der Waals surface area contributed by atoms with Gasteiger partial charge >= 0.3 is 0 Å². The lowest BCUT2D eigenvalue weighted by Crippen LogP contribution is -2.31. The van der Waals surface area contributed by atoms with E-state index in [1.54, 1.807) is 7.11 Å². The van der Waals surface area contributed by atoms with Crippen LogP contribution in [0.5, 0.6) is 0 Å². The van der Waals surface area contributed by atoms with E-state index in [2.05, 4.69) is 37.8 Å². The Bertz CT molecular complexity index is 577. The first kappa shape index (κ1) is 16.9. The van der Waals surface area contributed by atoms with Crippen molar-refractivity contribution in [2.45, 2.75) is 44.4 Å². The van der Waals surface area contributed by atoms with Gasteiger partial charge in [-0.05, 0) is 43.0 Å². The monoisotopic (exact) mass is 316 g/mol. The molecule has 0 atom stereocenters. The van der Waals surface area contributed by atoms with Crippen LogP contribution in [0.2, 0.25) is 5.02 Å². The minimum atomic E-state index is 0.00979. The summed E-state index contributed by atoms with van der Waals surface area (Å²) in [6, 6.07) is 8.26. The van der Waals surface area contributed by atoms with Gasteiger partial charge in [0.1, 0.15) is 5.76 Å². The number of allylic oxidation sites excluding steroid dienone is 4. The molecule has 0 amide bonds. The first-order valence-corrected chi connectivity index (χ1v) is 8.34. The van der Waals surface area contributed by atoms with Crippen molar-refractivity contribution in [2.24, 2.45) is 0 Å². The standard InChI is InChI=1S/C20H25ClO/c1-4-17(13-12-16(2)22-3)20(14-8-5-9-15-20)18-10-6-7-11-19(18)21/h4,6-7,10-13H,2,5,8-9,14-15H2,1,3H3/b13-12-,17-4+. The van der Waals surface area contributed by atoms with E-state index in [9.17, 15) is 0 Å². The SMILES string of the molecule is C=C(/C=C\C(=C/C)C1(c2ccccc2Cl)CCCCC1)OC. The molecule has 1 nitrogen and oxygen atoms in total. The highest BCUT2D eigenvalue weighted by atomic mass is 35.5. The van der Waals surface area contributed by atoms with Gasteiger partial charge in [-0.25, -0.2) is 0 Å². The zero-order valence-electron chi connectivity index (χ0n) is 13.6. The number of methoxy groups -OCH3 is 1. The van der Waals surface area contributed by atoms with E-state index in [1.165, 1.54) is 30.4 Å². The molecule has 0 spiro atoms. The molecule has 22 heavy (non-hydrogen) atoms. The summed E-state index contributed by atoms with van der Waals surface area (Å²) >= 11 is 6.54. The van der Waals surface area contributed by atoms with Gasteiger partial charge in [-0.2, -0.15) is 0 Å². The summed E-state index contributed by atoms with van der Waals surface area (Å²) in [5, 5.41) is 0.864. The highest BCUT2D eigenvalue weighted by Crippen LogP contribution is 2.47. The summed E-state index contributed by atoms with van der Waals surface area (Å²) in [5.74, 6) is 0.671. The van der Waals surface area contributed by atoms with E-state index in [-0.39, 0.29) is 5.41 Å². The van der Waals surface area contributed by atoms with E-state index < -0.39 is 0 Å². The van der Waals surface area contributed by atoms with Crippen LogP contribution in [0, 0.1) is 0 Å². The van der Waals surface area contributed by atoms with Gasteiger partial charge in [0.25, 0.3) is 0 Å². The van der Waals surface area contributed by atoms with Gasteiger partial charge in [0.2, 0.25) is 0 Å². The van der Waals surface area contributed by atoms with Gasteiger partial charge < -0.3 is 4.74 Å². The van der Waals surface area contributed by atoms with Gasteiger partial charge in [-0.15, -0.1) is 0 Å². The molecule has 0 heterocycles. The summed E-state index contributed by atoms with van der Waals surface area (Å²) in [6.07, 6.45) is 12.3. The predicted octanol–water partition coefficient (Wildman–Crippen LogP) is 6.20. The maximum Gasteiger partial charge on any atom is 0.111 e. The second-order valence-corrected chi connectivity index (χ2v) is 6.28. The average molecular weight is 317 g/mol. The number of rotatable bonds is 5. The molecule has 2 rings (SSSR count). The van der Waals surface area contributed by atoms with Gasteiger partial charge in [0, 0.05) is 10.4 Å². The van der Waals surface area contributed by atoms with Crippen molar-refractivity contribution in [3.05, 3.63) is 71.0 Å². The quantitative estimate of drug-likeness (QED) is 0.464. The summed E-state index contributed by atoms with van der Waals surface area (Å²) in [7, 11) is 1.65. The number of benzene rings is 1. The van der Waals surface area contributed by atoms with Crippen molar-refractivity contribution in [2.75, 3.05) is 7.11 Å². The number of halogens is 1. The van der Waals surface area contributed by atoms with Crippen LogP contribution in [0.4, 0.5) is 0 Å². The molecule has 1 aromatic carbocycles. The first-order valence-electron chi connectivity index (χ1n) is 7.97. The first-order chi connectivity index (χ1) is 10.6. The third-order valence-corrected chi connectivity index (χ3v) is 5.00. The molecule has 1 aromatic rings. The lowest BCUT2D eigenvalue weighted by Gasteiger charge is -2.40. The van der Waals surface area contributed by atoms with Crippen LogP contribution in [-0.4, -0.2) is 7.11 Å². The van der Waals surface area contributed by atoms with E-state index in [0.29, 0.717) is 5.76 Å². The highest BCUT2D eigenvalue weighted by molar-refractivity contribution is 6.31. The fraction of sp³-hybridized carbons (Fsp3) is 0.400. The lowest BCUT2D eigenvalue weighted by atomic mass is 9.64. The Hall–Kier alpha value is -1.47. The topological polar surface area (TPSA) is 9.23 Å². The van der Waals surface area contributed by atoms with Crippen LogP contribution in [0.1, 0.15) is 44.6 Å². The Kier molecular flexibility index (Phi) is 5.90. The second-order valence-electron chi connectivity index (χ2n) is 5.87. The molecule has 0 aromatic heterocycles. The average Bonchev–Trinajstić information content (AvgIpc) is 2.56. The van der Waals surface area contributed by atoms with Crippen LogP contribution in [-0.2, 0) is 10.2 Å². The van der Waals surface area contributed by atoms with Gasteiger partial charge in [-0.1, -0.05) is 67.8 Å². The Morgan fingerprint density at radius 2 is 1.86 bits per heavy atom. The van der Waals surface area contributed by atoms with Crippen molar-refractivity contribution in [1.29, 1.82) is 0 Å². The zero-order chi connectivity index (χ0) is 16.0. The highest BCUT2D eigenvalue weighted by Gasteiger charge is 2.37. The summed E-state index contributed by atoms with van der Waals surface area (Å²) < 4.78 is 5.16. The Balaban J connectivity index is 2.47. The molecule has 0 aliphatic heterocycles. The maximum absolute atomic E-state index is 6.54. The predicted molar refractivity (Wildman–Crippen MR) is 95.3 cm³/mol. The van der Waals surface area contributed by atoms with Crippen LogP contribution in [0.25, 0.3) is 0 Å². The van der Waals surface area contributed by atoms with Gasteiger partial charge in [0.05, 0.1) is 7.11 Å². The van der Waals surface area contributed by atoms with Crippen molar-refractivity contribution < 1.29 is 4.74 Å². The Morgan fingerprint density at radius 1 is 1.18 bits per heavy atom. The third-order valence-electron chi connectivity index (χ3n) is 4.67. The van der Waals surface area contributed by atoms with E-state index in [1.807, 2.05) is 18.2 Å². The molecule has 1 fully saturated rings. The van der Waals surface area contributed by atoms with E-state index in [4.69, 9.17) is 16.3 Å². The Morgan fingerprint density at radius 3 is 2.45 bits per heavy atom. The molecule has 0 bridgehead atoms. The fourth-order valence-corrected chi connectivity index (χ4v) is 3.82. The molecule has 0 radical (unpaired) electrons. The van der Waals surface area contributed by atoms with Gasteiger partial charge in [0.15, 0.2) is 0 Å². The molecule has 0 N–H and O–H groups in total. The van der Waals surface area contributed by atoms with E-state index in [0.717, 1.165) is 17.9 Å². The summed E-state index contributed by atoms with van der Waals surface area (Å²) in [5.41, 5.74) is 2.56. The largest absolute Gasteiger partial charge is 0.497 e. The molecular weight excluding hydrogens is 292 g/mol. The maximum atomic E-state index is 6.54. The minimum Gasteiger partial charge on any atom is -0.497 e. The molecule has 1 aliphatic rings.